The Morgan fingerprint density at radius 3 is 1.94 bits per heavy atom. The second-order valence-electron chi connectivity index (χ2n) is 2.86. The molecule has 0 fully saturated rings. The molecule has 0 saturated heterocycles. The van der Waals surface area contributed by atoms with Crippen molar-refractivity contribution in [2.24, 2.45) is 0 Å². The van der Waals surface area contributed by atoms with Crippen LogP contribution in [0.15, 0.2) is 17.0 Å². The largest absolute Gasteiger partial charge is 0.768 e. The lowest BCUT2D eigenvalue weighted by molar-refractivity contribution is -0.422. The number of rotatable bonds is 3. The van der Waals surface area contributed by atoms with Crippen LogP contribution in [0.4, 0.5) is 11.4 Å². The Morgan fingerprint density at radius 1 is 1.12 bits per heavy atom. The normalized spacial score (nSPS) is 12.1. The van der Waals surface area contributed by atoms with Gasteiger partial charge in [0.05, 0.1) is 9.85 Å². The van der Waals surface area contributed by atoms with Crippen molar-refractivity contribution in [3.63, 3.8) is 0 Å². The van der Waals surface area contributed by atoms with Crippen molar-refractivity contribution in [2.75, 3.05) is 0 Å². The Bertz CT molecular complexity index is 500. The Labute approximate surface area is 91.5 Å². The summed E-state index contributed by atoms with van der Waals surface area (Å²) in [7, 11) is 0. The first-order chi connectivity index (χ1) is 7.34. The number of nitro benzene ring substituents is 2. The summed E-state index contributed by atoms with van der Waals surface area (Å²) in [5, 5.41) is 21.0. The summed E-state index contributed by atoms with van der Waals surface area (Å²) in [6.07, 6.45) is 0. The number of aryl methyl sites for hydroxylation is 1. The van der Waals surface area contributed by atoms with Crippen LogP contribution in [0.25, 0.3) is 0 Å². The van der Waals surface area contributed by atoms with Gasteiger partial charge in [0.2, 0.25) is 0 Å². The molecule has 0 spiro atoms. The highest BCUT2D eigenvalue weighted by molar-refractivity contribution is 7.79. The molecule has 86 valence electrons. The number of nitro groups is 2. The van der Waals surface area contributed by atoms with Gasteiger partial charge in [0, 0.05) is 17.0 Å². The fourth-order valence-electron chi connectivity index (χ4n) is 1.13. The molecule has 0 aliphatic carbocycles. The van der Waals surface area contributed by atoms with E-state index in [2.05, 4.69) is 0 Å². The zero-order chi connectivity index (χ0) is 12.5. The summed E-state index contributed by atoms with van der Waals surface area (Å²) in [6.45, 7) is 1.32. The SMILES string of the molecule is Cc1cc([N+](=O)[O-])c([N+](=O)[O-])cc1S(=O)[O-]. The van der Waals surface area contributed by atoms with Crippen LogP contribution in [0, 0.1) is 27.2 Å². The van der Waals surface area contributed by atoms with Gasteiger partial charge in [-0.2, -0.15) is 0 Å². The molecule has 1 aromatic carbocycles. The molecule has 0 saturated carbocycles. The Kier molecular flexibility index (Phi) is 3.30. The molecule has 1 aromatic rings. The van der Waals surface area contributed by atoms with Crippen molar-refractivity contribution < 1.29 is 18.6 Å². The van der Waals surface area contributed by atoms with Crippen LogP contribution < -0.4 is 0 Å². The van der Waals surface area contributed by atoms with E-state index in [-0.39, 0.29) is 10.5 Å². The predicted octanol–water partition coefficient (Wildman–Crippen LogP) is 1.05. The average molecular weight is 245 g/mol. The summed E-state index contributed by atoms with van der Waals surface area (Å²) in [6, 6.07) is 1.54. The number of hydrogen-bond acceptors (Lipinski definition) is 6. The predicted molar refractivity (Wildman–Crippen MR) is 51.7 cm³/mol. The number of benzene rings is 1. The maximum atomic E-state index is 10.7. The first kappa shape index (κ1) is 12.2. The highest BCUT2D eigenvalue weighted by Gasteiger charge is 2.25. The van der Waals surface area contributed by atoms with Gasteiger partial charge in [0.25, 0.3) is 0 Å². The summed E-state index contributed by atoms with van der Waals surface area (Å²) < 4.78 is 21.4. The van der Waals surface area contributed by atoms with E-state index in [1.807, 2.05) is 0 Å². The molecule has 0 heterocycles. The fraction of sp³-hybridized carbons (Fsp3) is 0.143. The van der Waals surface area contributed by atoms with Crippen molar-refractivity contribution in [2.45, 2.75) is 11.8 Å². The van der Waals surface area contributed by atoms with E-state index in [0.717, 1.165) is 6.07 Å². The number of hydrogen-bond donors (Lipinski definition) is 0. The van der Waals surface area contributed by atoms with Crippen molar-refractivity contribution >= 4 is 22.5 Å². The molecule has 8 nitrogen and oxygen atoms in total. The molecule has 1 rings (SSSR count). The van der Waals surface area contributed by atoms with E-state index >= 15 is 0 Å². The molecule has 0 N–H and O–H groups in total. The van der Waals surface area contributed by atoms with Gasteiger partial charge in [0.15, 0.2) is 0 Å². The van der Waals surface area contributed by atoms with Crippen LogP contribution in [0.5, 0.6) is 0 Å². The van der Waals surface area contributed by atoms with E-state index in [4.69, 9.17) is 0 Å². The van der Waals surface area contributed by atoms with Gasteiger partial charge in [-0.25, -0.2) is 0 Å². The molecule has 0 radical (unpaired) electrons. The lowest BCUT2D eigenvalue weighted by Crippen LogP contribution is -2.01. The second kappa shape index (κ2) is 4.33. The van der Waals surface area contributed by atoms with Gasteiger partial charge < -0.3 is 4.55 Å². The van der Waals surface area contributed by atoms with Gasteiger partial charge >= 0.3 is 11.4 Å². The van der Waals surface area contributed by atoms with Crippen molar-refractivity contribution in [3.05, 3.63) is 37.9 Å². The van der Waals surface area contributed by atoms with Gasteiger partial charge in [0.1, 0.15) is 0 Å². The summed E-state index contributed by atoms with van der Waals surface area (Å²) in [4.78, 5) is 18.8. The number of nitrogens with zero attached hydrogens (tertiary/aromatic N) is 2. The first-order valence-electron chi connectivity index (χ1n) is 3.87. The maximum absolute atomic E-state index is 10.7. The third-order valence-corrected chi connectivity index (χ3v) is 2.64. The van der Waals surface area contributed by atoms with Crippen LogP contribution in [-0.4, -0.2) is 18.6 Å². The summed E-state index contributed by atoms with van der Waals surface area (Å²) >= 11 is -2.67. The molecule has 0 aliphatic rings. The van der Waals surface area contributed by atoms with Crippen molar-refractivity contribution in [3.8, 4) is 0 Å². The lowest BCUT2D eigenvalue weighted by atomic mass is 10.2. The van der Waals surface area contributed by atoms with Gasteiger partial charge in [-0.1, -0.05) is 0 Å². The second-order valence-corrected chi connectivity index (χ2v) is 3.76. The average Bonchev–Trinajstić information content (AvgIpc) is 2.15. The van der Waals surface area contributed by atoms with Crippen molar-refractivity contribution in [1.29, 1.82) is 0 Å². The van der Waals surface area contributed by atoms with Crippen LogP contribution in [-0.2, 0) is 11.1 Å². The highest BCUT2D eigenvalue weighted by Crippen LogP contribution is 2.30. The van der Waals surface area contributed by atoms with E-state index in [9.17, 15) is 29.0 Å². The standard InChI is InChI=1S/C7H6N2O6S/c1-4-2-5(8(10)11)6(9(12)13)3-7(4)16(14)15/h2-3H,1H3,(H,14,15)/p-1. The molecule has 0 amide bonds. The Morgan fingerprint density at radius 2 is 1.56 bits per heavy atom. The smallest absolute Gasteiger partial charge is 0.347 e. The fourth-order valence-corrected chi connectivity index (χ4v) is 1.66. The lowest BCUT2D eigenvalue weighted by Gasteiger charge is -2.08. The zero-order valence-corrected chi connectivity index (χ0v) is 8.72. The summed E-state index contributed by atoms with van der Waals surface area (Å²) in [5.41, 5.74) is -1.47. The zero-order valence-electron chi connectivity index (χ0n) is 7.91. The van der Waals surface area contributed by atoms with E-state index in [1.165, 1.54) is 6.92 Å². The molecular weight excluding hydrogens is 240 g/mol. The molecule has 0 aliphatic heterocycles. The molecule has 0 aromatic heterocycles. The molecule has 9 heteroatoms. The van der Waals surface area contributed by atoms with Crippen LogP contribution in [0.2, 0.25) is 0 Å². The Balaban J connectivity index is 3.55. The van der Waals surface area contributed by atoms with Gasteiger partial charge in [-0.05, 0) is 23.6 Å². The van der Waals surface area contributed by atoms with Crippen LogP contribution in [0.1, 0.15) is 5.56 Å². The molecule has 1 unspecified atom stereocenters. The van der Waals surface area contributed by atoms with Gasteiger partial charge in [-0.3, -0.25) is 24.4 Å². The Hall–Kier alpha value is -1.87. The van der Waals surface area contributed by atoms with Crippen LogP contribution >= 0.6 is 0 Å². The van der Waals surface area contributed by atoms with Crippen LogP contribution in [0.3, 0.4) is 0 Å². The highest BCUT2D eigenvalue weighted by atomic mass is 32.2. The minimum atomic E-state index is -2.67. The molecule has 1 atom stereocenters. The summed E-state index contributed by atoms with van der Waals surface area (Å²) in [5.74, 6) is 0. The first-order valence-corrected chi connectivity index (χ1v) is 4.94. The minimum Gasteiger partial charge on any atom is -0.768 e. The van der Waals surface area contributed by atoms with Crippen molar-refractivity contribution in [1.82, 2.24) is 0 Å². The molecule has 0 bridgehead atoms. The third kappa shape index (κ3) is 2.20. The minimum absolute atomic E-state index is 0.0885. The van der Waals surface area contributed by atoms with E-state index < -0.39 is 32.3 Å². The maximum Gasteiger partial charge on any atom is 0.347 e. The molecule has 16 heavy (non-hydrogen) atoms. The monoisotopic (exact) mass is 245 g/mol. The topological polar surface area (TPSA) is 126 Å². The van der Waals surface area contributed by atoms with E-state index in [1.54, 1.807) is 0 Å². The molecular formula is C7H5N2O6S-. The van der Waals surface area contributed by atoms with Gasteiger partial charge in [-0.15, -0.1) is 0 Å². The quantitative estimate of drug-likeness (QED) is 0.445. The third-order valence-electron chi connectivity index (χ3n) is 1.85. The van der Waals surface area contributed by atoms with E-state index in [0.29, 0.717) is 6.07 Å².